The van der Waals surface area contributed by atoms with Gasteiger partial charge in [-0.15, -0.1) is 11.3 Å². The number of anilines is 1. The average Bonchev–Trinajstić information content (AvgIpc) is 3.18. The molecule has 0 fully saturated rings. The van der Waals surface area contributed by atoms with Crippen LogP contribution in [0.1, 0.15) is 11.4 Å². The molecule has 9 heteroatoms. The second-order valence-corrected chi connectivity index (χ2v) is 9.16. The lowest BCUT2D eigenvalue weighted by Gasteiger charge is -2.08. The maximum absolute atomic E-state index is 12.6. The van der Waals surface area contributed by atoms with Crippen molar-refractivity contribution in [1.82, 2.24) is 15.2 Å². The molecule has 0 atom stereocenters. The molecule has 27 heavy (non-hydrogen) atoms. The maximum atomic E-state index is 12.6. The lowest BCUT2D eigenvalue weighted by molar-refractivity contribution is 0.600. The predicted molar refractivity (Wildman–Crippen MR) is 109 cm³/mol. The van der Waals surface area contributed by atoms with E-state index in [0.29, 0.717) is 22.1 Å². The lowest BCUT2D eigenvalue weighted by Crippen LogP contribution is -2.14. The SMILES string of the molecule is Cc1n[nH]c(C)c1S(=O)(=O)Nc1ccc(-c2nc3ccc(Cl)cc3s2)cc1. The molecule has 0 spiro atoms. The average molecular weight is 419 g/mol. The highest BCUT2D eigenvalue weighted by molar-refractivity contribution is 7.92. The van der Waals surface area contributed by atoms with E-state index in [4.69, 9.17) is 11.6 Å². The summed E-state index contributed by atoms with van der Waals surface area (Å²) in [6.07, 6.45) is 0. The monoisotopic (exact) mass is 418 g/mol. The van der Waals surface area contributed by atoms with Crippen LogP contribution in [0.15, 0.2) is 47.4 Å². The smallest absolute Gasteiger partial charge is 0.265 e. The number of hydrogen-bond acceptors (Lipinski definition) is 5. The third-order valence-corrected chi connectivity index (χ3v) is 7.01. The van der Waals surface area contributed by atoms with Crippen LogP contribution >= 0.6 is 22.9 Å². The molecule has 6 nitrogen and oxygen atoms in total. The van der Waals surface area contributed by atoms with E-state index in [-0.39, 0.29) is 4.90 Å². The fourth-order valence-electron chi connectivity index (χ4n) is 2.85. The number of aromatic amines is 1. The summed E-state index contributed by atoms with van der Waals surface area (Å²) >= 11 is 7.57. The highest BCUT2D eigenvalue weighted by atomic mass is 35.5. The number of hydrogen-bond donors (Lipinski definition) is 2. The molecule has 2 heterocycles. The van der Waals surface area contributed by atoms with Crippen molar-refractivity contribution in [2.75, 3.05) is 4.72 Å². The number of nitrogens with one attached hydrogen (secondary N) is 2. The van der Waals surface area contributed by atoms with Crippen LogP contribution in [0.25, 0.3) is 20.8 Å². The van der Waals surface area contributed by atoms with Gasteiger partial charge in [-0.05, 0) is 56.3 Å². The zero-order valence-corrected chi connectivity index (χ0v) is 16.8. The van der Waals surface area contributed by atoms with Gasteiger partial charge >= 0.3 is 0 Å². The normalized spacial score (nSPS) is 11.8. The predicted octanol–water partition coefficient (Wildman–Crippen LogP) is 4.76. The van der Waals surface area contributed by atoms with Gasteiger partial charge in [0.15, 0.2) is 0 Å². The number of thiazole rings is 1. The third kappa shape index (κ3) is 3.43. The molecule has 2 aromatic carbocycles. The quantitative estimate of drug-likeness (QED) is 0.500. The number of rotatable bonds is 4. The Hall–Kier alpha value is -2.42. The first kappa shape index (κ1) is 18.0. The Labute approximate surface area is 165 Å². The Morgan fingerprint density at radius 1 is 1.11 bits per heavy atom. The molecule has 0 unspecified atom stereocenters. The van der Waals surface area contributed by atoms with Gasteiger partial charge < -0.3 is 0 Å². The minimum Gasteiger partial charge on any atom is -0.281 e. The van der Waals surface area contributed by atoms with E-state index in [1.807, 2.05) is 30.3 Å². The molecule has 0 saturated carbocycles. The molecule has 4 aromatic rings. The Morgan fingerprint density at radius 2 is 1.85 bits per heavy atom. The zero-order valence-electron chi connectivity index (χ0n) is 14.4. The van der Waals surface area contributed by atoms with Gasteiger partial charge in [0, 0.05) is 16.3 Å². The fraction of sp³-hybridized carbons (Fsp3) is 0.111. The summed E-state index contributed by atoms with van der Waals surface area (Å²) in [5, 5.41) is 8.16. The molecule has 0 aliphatic carbocycles. The summed E-state index contributed by atoms with van der Waals surface area (Å²) in [6, 6.07) is 12.7. The van der Waals surface area contributed by atoms with Gasteiger partial charge in [-0.25, -0.2) is 13.4 Å². The zero-order chi connectivity index (χ0) is 19.2. The van der Waals surface area contributed by atoms with Crippen LogP contribution < -0.4 is 4.72 Å². The first-order valence-corrected chi connectivity index (χ1v) is 10.7. The first-order valence-electron chi connectivity index (χ1n) is 8.04. The van der Waals surface area contributed by atoms with Gasteiger partial charge in [-0.1, -0.05) is 11.6 Å². The lowest BCUT2D eigenvalue weighted by atomic mass is 10.2. The van der Waals surface area contributed by atoms with Gasteiger partial charge in [-0.2, -0.15) is 5.10 Å². The number of benzene rings is 2. The second kappa shape index (κ2) is 6.63. The molecule has 0 aliphatic rings. The van der Waals surface area contributed by atoms with Gasteiger partial charge in [0.2, 0.25) is 0 Å². The van der Waals surface area contributed by atoms with E-state index < -0.39 is 10.0 Å². The van der Waals surface area contributed by atoms with Gasteiger partial charge in [0.25, 0.3) is 10.0 Å². The minimum atomic E-state index is -3.71. The van der Waals surface area contributed by atoms with Crippen molar-refractivity contribution in [3.63, 3.8) is 0 Å². The Morgan fingerprint density at radius 3 is 2.52 bits per heavy atom. The molecule has 0 saturated heterocycles. The van der Waals surface area contributed by atoms with Crippen molar-refractivity contribution in [3.05, 3.63) is 58.9 Å². The third-order valence-electron chi connectivity index (χ3n) is 4.06. The molecule has 138 valence electrons. The van der Waals surface area contributed by atoms with Crippen molar-refractivity contribution < 1.29 is 8.42 Å². The van der Waals surface area contributed by atoms with E-state index in [1.165, 1.54) is 11.3 Å². The van der Waals surface area contributed by atoms with Crippen molar-refractivity contribution in [2.45, 2.75) is 18.7 Å². The number of H-pyrrole nitrogens is 1. The molecule has 2 aromatic heterocycles. The Balaban J connectivity index is 1.62. The van der Waals surface area contributed by atoms with E-state index in [0.717, 1.165) is 20.8 Å². The number of sulfonamides is 1. The van der Waals surface area contributed by atoms with Crippen molar-refractivity contribution in [2.24, 2.45) is 0 Å². The second-order valence-electron chi connectivity index (χ2n) is 6.08. The van der Waals surface area contributed by atoms with Crippen LogP contribution in [0, 0.1) is 13.8 Å². The van der Waals surface area contributed by atoms with Crippen LogP contribution in [0.5, 0.6) is 0 Å². The van der Waals surface area contributed by atoms with Crippen LogP contribution in [0.2, 0.25) is 5.02 Å². The van der Waals surface area contributed by atoms with Gasteiger partial charge in [0.1, 0.15) is 9.90 Å². The molecule has 4 rings (SSSR count). The molecule has 0 amide bonds. The summed E-state index contributed by atoms with van der Waals surface area (Å²) in [7, 11) is -3.71. The first-order chi connectivity index (χ1) is 12.8. The number of aromatic nitrogens is 3. The largest absolute Gasteiger partial charge is 0.281 e. The molecule has 0 aliphatic heterocycles. The molecular weight excluding hydrogens is 404 g/mol. The summed E-state index contributed by atoms with van der Waals surface area (Å²) in [6.45, 7) is 3.33. The van der Waals surface area contributed by atoms with Crippen LogP contribution in [0.3, 0.4) is 0 Å². The molecule has 0 radical (unpaired) electrons. The van der Waals surface area contributed by atoms with Gasteiger partial charge in [0.05, 0.1) is 21.6 Å². The Kier molecular flexibility index (Phi) is 4.41. The van der Waals surface area contributed by atoms with Crippen molar-refractivity contribution in [3.8, 4) is 10.6 Å². The number of nitrogens with zero attached hydrogens (tertiary/aromatic N) is 2. The highest BCUT2D eigenvalue weighted by Gasteiger charge is 2.22. The summed E-state index contributed by atoms with van der Waals surface area (Å²) < 4.78 is 28.8. The highest BCUT2D eigenvalue weighted by Crippen LogP contribution is 2.32. The van der Waals surface area contributed by atoms with Gasteiger partial charge in [-0.3, -0.25) is 9.82 Å². The van der Waals surface area contributed by atoms with Crippen LogP contribution in [-0.4, -0.2) is 23.6 Å². The summed E-state index contributed by atoms with van der Waals surface area (Å²) in [5.41, 5.74) is 3.21. The molecule has 2 N–H and O–H groups in total. The van der Waals surface area contributed by atoms with Crippen molar-refractivity contribution in [1.29, 1.82) is 0 Å². The van der Waals surface area contributed by atoms with E-state index >= 15 is 0 Å². The standard InChI is InChI=1S/C18H15ClN4O2S2/c1-10-17(11(2)22-21-10)27(24,25)23-14-6-3-12(4-7-14)18-20-15-8-5-13(19)9-16(15)26-18/h3-9,23H,1-2H3,(H,21,22). The number of fused-ring (bicyclic) bond motifs is 1. The van der Waals surface area contributed by atoms with Crippen molar-refractivity contribution >= 4 is 48.9 Å². The number of aryl methyl sites for hydroxylation is 2. The Bertz CT molecular complexity index is 1220. The van der Waals surface area contributed by atoms with E-state index in [1.54, 1.807) is 26.0 Å². The maximum Gasteiger partial charge on any atom is 0.265 e. The number of halogens is 1. The van der Waals surface area contributed by atoms with Crippen LogP contribution in [-0.2, 0) is 10.0 Å². The van der Waals surface area contributed by atoms with E-state index in [2.05, 4.69) is 19.9 Å². The van der Waals surface area contributed by atoms with Crippen LogP contribution in [0.4, 0.5) is 5.69 Å². The topological polar surface area (TPSA) is 87.7 Å². The molecular formula is C18H15ClN4O2S2. The summed E-state index contributed by atoms with van der Waals surface area (Å²) in [4.78, 5) is 4.78. The van der Waals surface area contributed by atoms with E-state index in [9.17, 15) is 8.42 Å². The molecule has 0 bridgehead atoms. The minimum absolute atomic E-state index is 0.176. The summed E-state index contributed by atoms with van der Waals surface area (Å²) in [5.74, 6) is 0. The fourth-order valence-corrected chi connectivity index (χ4v) is 5.52.